The lowest BCUT2D eigenvalue weighted by Gasteiger charge is -2.18. The zero-order valence-corrected chi connectivity index (χ0v) is 28.9. The van der Waals surface area contributed by atoms with Crippen molar-refractivity contribution in [2.45, 2.75) is 0 Å². The third-order valence-corrected chi connectivity index (χ3v) is 11.1. The molecule has 0 aliphatic heterocycles. The van der Waals surface area contributed by atoms with Gasteiger partial charge in [-0.2, -0.15) is 0 Å². The highest BCUT2D eigenvalue weighted by molar-refractivity contribution is 6.27. The molecule has 0 aliphatic carbocycles. The van der Waals surface area contributed by atoms with Gasteiger partial charge in [0.05, 0.1) is 0 Å². The summed E-state index contributed by atoms with van der Waals surface area (Å²) in [5.74, 6) is 0. The van der Waals surface area contributed by atoms with Gasteiger partial charge in [0.15, 0.2) is 0 Å². The Hall–Kier alpha value is -6.96. The fourth-order valence-corrected chi connectivity index (χ4v) is 8.74. The normalized spacial score (nSPS) is 11.8. The number of fused-ring (bicyclic) bond motifs is 8. The highest BCUT2D eigenvalue weighted by Crippen LogP contribution is 2.48. The summed E-state index contributed by atoms with van der Waals surface area (Å²) in [5, 5.41) is 12.1. The van der Waals surface area contributed by atoms with Crippen LogP contribution in [-0.2, 0) is 0 Å². The summed E-state index contributed by atoms with van der Waals surface area (Å²) in [6, 6.07) is 70.4. The Labute approximate surface area is 307 Å². The van der Waals surface area contributed by atoms with E-state index in [1.807, 2.05) is 0 Å². The van der Waals surface area contributed by atoms with Crippen molar-refractivity contribution in [3.05, 3.63) is 194 Å². The number of benzene rings is 10. The van der Waals surface area contributed by atoms with Crippen LogP contribution in [0.5, 0.6) is 0 Å². The number of hydrogen-bond donors (Lipinski definition) is 0. The highest BCUT2D eigenvalue weighted by Gasteiger charge is 2.21. The Balaban J connectivity index is 1.12. The van der Waals surface area contributed by atoms with Gasteiger partial charge in [0.25, 0.3) is 0 Å². The van der Waals surface area contributed by atoms with Crippen molar-refractivity contribution in [3.8, 4) is 44.5 Å². The topological polar surface area (TPSA) is 13.1 Å². The summed E-state index contributed by atoms with van der Waals surface area (Å²) in [5.41, 5.74) is 11.7. The smallest absolute Gasteiger partial charge is 0.143 e. The Morgan fingerprint density at radius 1 is 0.264 bits per heavy atom. The lowest BCUT2D eigenvalue weighted by molar-refractivity contribution is 0.673. The predicted molar refractivity (Wildman–Crippen MR) is 225 cm³/mol. The molecule has 0 fully saturated rings. The summed E-state index contributed by atoms with van der Waals surface area (Å²) in [6.07, 6.45) is 0. The first-order valence-corrected chi connectivity index (χ1v) is 18.3. The van der Waals surface area contributed by atoms with Gasteiger partial charge < -0.3 is 4.42 Å². The zero-order chi connectivity index (χ0) is 34.9. The highest BCUT2D eigenvalue weighted by atomic mass is 16.3. The summed E-state index contributed by atoms with van der Waals surface area (Å²) in [7, 11) is 0. The first-order valence-electron chi connectivity index (χ1n) is 18.3. The average Bonchev–Trinajstić information content (AvgIpc) is 3.63. The molecule has 0 saturated carbocycles. The van der Waals surface area contributed by atoms with Gasteiger partial charge in [-0.05, 0) is 94.3 Å². The van der Waals surface area contributed by atoms with E-state index < -0.39 is 0 Å². The molecule has 0 spiro atoms. The molecule has 0 radical (unpaired) electrons. The molecule has 11 rings (SSSR count). The fourth-order valence-electron chi connectivity index (χ4n) is 8.74. The van der Waals surface area contributed by atoms with Gasteiger partial charge in [0, 0.05) is 16.2 Å². The monoisotopic (exact) mass is 672 g/mol. The van der Waals surface area contributed by atoms with Crippen LogP contribution >= 0.6 is 0 Å². The largest absolute Gasteiger partial charge is 0.455 e. The van der Waals surface area contributed by atoms with Gasteiger partial charge in [-0.1, -0.05) is 182 Å². The average molecular weight is 673 g/mol. The van der Waals surface area contributed by atoms with Crippen LogP contribution < -0.4 is 0 Å². The van der Waals surface area contributed by atoms with Crippen molar-refractivity contribution >= 4 is 65.0 Å². The van der Waals surface area contributed by atoms with E-state index in [2.05, 4.69) is 194 Å². The van der Waals surface area contributed by atoms with Gasteiger partial charge in [-0.15, -0.1) is 0 Å². The van der Waals surface area contributed by atoms with E-state index in [9.17, 15) is 0 Å². The number of rotatable bonds is 4. The molecule has 11 aromatic rings. The van der Waals surface area contributed by atoms with E-state index >= 15 is 0 Å². The zero-order valence-electron chi connectivity index (χ0n) is 28.9. The molecule has 0 unspecified atom stereocenters. The number of hydrogen-bond acceptors (Lipinski definition) is 1. The van der Waals surface area contributed by atoms with Crippen LogP contribution in [0.4, 0.5) is 0 Å². The molecule has 0 aliphatic rings. The molecule has 246 valence electrons. The lowest BCUT2D eigenvalue weighted by Crippen LogP contribution is -1.91. The van der Waals surface area contributed by atoms with E-state index in [0.717, 1.165) is 27.3 Å². The lowest BCUT2D eigenvalue weighted by atomic mass is 9.84. The van der Waals surface area contributed by atoms with E-state index in [-0.39, 0.29) is 0 Å². The van der Waals surface area contributed by atoms with Gasteiger partial charge in [0.2, 0.25) is 0 Å². The summed E-state index contributed by atoms with van der Waals surface area (Å²) < 4.78 is 6.65. The quantitative estimate of drug-likeness (QED) is 0.170. The molecule has 0 bridgehead atoms. The van der Waals surface area contributed by atoms with Crippen LogP contribution in [0.2, 0.25) is 0 Å². The SMILES string of the molecule is c1ccc(-c2cccc3ccccc23)c(-c2ccc(-c3c4ccccc4c(-c4cccc5oc6c7ccccc7ccc6c45)c4ccccc34)cc2)c1. The van der Waals surface area contributed by atoms with Crippen LogP contribution in [0, 0.1) is 0 Å². The third kappa shape index (κ3) is 4.58. The molecular formula is C52H32O. The van der Waals surface area contributed by atoms with Crippen molar-refractivity contribution in [2.75, 3.05) is 0 Å². The number of furan rings is 1. The Morgan fingerprint density at radius 3 is 1.47 bits per heavy atom. The Kier molecular flexibility index (Phi) is 6.62. The molecule has 1 heteroatoms. The maximum Gasteiger partial charge on any atom is 0.143 e. The molecule has 1 nitrogen and oxygen atoms in total. The van der Waals surface area contributed by atoms with Crippen molar-refractivity contribution in [3.63, 3.8) is 0 Å². The van der Waals surface area contributed by atoms with Gasteiger partial charge in [0.1, 0.15) is 11.2 Å². The van der Waals surface area contributed by atoms with Crippen LogP contribution in [-0.4, -0.2) is 0 Å². The standard InChI is InChI=1S/C52H32O/c1-3-16-37-33(13-1)15-11-24-41(37)40-19-6-5-17-38(40)35-27-29-36(30-28-35)49-42-20-7-9-22-44(42)50(45-23-10-8-21-43(45)49)46-25-12-26-48-51(46)47-32-31-34-14-2-4-18-39(34)52(47)53-48/h1-32H. The van der Waals surface area contributed by atoms with Crippen LogP contribution in [0.3, 0.4) is 0 Å². The summed E-state index contributed by atoms with van der Waals surface area (Å²) in [6.45, 7) is 0. The second kappa shape index (κ2) is 11.8. The van der Waals surface area contributed by atoms with E-state index in [1.165, 1.54) is 82.2 Å². The van der Waals surface area contributed by atoms with E-state index in [4.69, 9.17) is 4.42 Å². The maximum absolute atomic E-state index is 6.65. The van der Waals surface area contributed by atoms with Crippen molar-refractivity contribution < 1.29 is 4.42 Å². The van der Waals surface area contributed by atoms with Gasteiger partial charge in [-0.25, -0.2) is 0 Å². The summed E-state index contributed by atoms with van der Waals surface area (Å²) >= 11 is 0. The third-order valence-electron chi connectivity index (χ3n) is 11.1. The molecular weight excluding hydrogens is 641 g/mol. The van der Waals surface area contributed by atoms with Crippen molar-refractivity contribution in [1.82, 2.24) is 0 Å². The molecule has 1 aromatic heterocycles. The van der Waals surface area contributed by atoms with Crippen LogP contribution in [0.25, 0.3) is 110 Å². The molecule has 0 amide bonds. The Morgan fingerprint density at radius 2 is 0.755 bits per heavy atom. The predicted octanol–water partition coefficient (Wildman–Crippen LogP) is 14.9. The molecule has 0 saturated heterocycles. The van der Waals surface area contributed by atoms with Gasteiger partial charge in [-0.3, -0.25) is 0 Å². The minimum absolute atomic E-state index is 0.908. The van der Waals surface area contributed by atoms with Crippen LogP contribution in [0.15, 0.2) is 199 Å². The first kappa shape index (κ1) is 29.7. The van der Waals surface area contributed by atoms with E-state index in [1.54, 1.807) is 0 Å². The van der Waals surface area contributed by atoms with Crippen molar-refractivity contribution in [2.24, 2.45) is 0 Å². The maximum atomic E-state index is 6.65. The second-order valence-electron chi connectivity index (χ2n) is 13.9. The van der Waals surface area contributed by atoms with Crippen LogP contribution in [0.1, 0.15) is 0 Å². The minimum atomic E-state index is 0.908. The Bertz CT molecular complexity index is 3150. The van der Waals surface area contributed by atoms with Gasteiger partial charge >= 0.3 is 0 Å². The first-order chi connectivity index (χ1) is 26.3. The minimum Gasteiger partial charge on any atom is -0.455 e. The molecule has 0 N–H and O–H groups in total. The fraction of sp³-hybridized carbons (Fsp3) is 0. The summed E-state index contributed by atoms with van der Waals surface area (Å²) in [4.78, 5) is 0. The molecule has 53 heavy (non-hydrogen) atoms. The molecule has 1 heterocycles. The van der Waals surface area contributed by atoms with E-state index in [0.29, 0.717) is 0 Å². The molecule has 0 atom stereocenters. The second-order valence-corrected chi connectivity index (χ2v) is 13.9. The van der Waals surface area contributed by atoms with Crippen molar-refractivity contribution in [1.29, 1.82) is 0 Å². The molecule has 10 aromatic carbocycles.